The lowest BCUT2D eigenvalue weighted by Gasteiger charge is -2.13. The molecular formula is C21H21BrF2N2O3. The third-order valence-corrected chi connectivity index (χ3v) is 4.46. The zero-order chi connectivity index (χ0) is 21.6. The number of ether oxygens (including phenoxy) is 1. The Bertz CT molecular complexity index is 923. The van der Waals surface area contributed by atoms with Gasteiger partial charge < -0.3 is 15.4 Å². The smallest absolute Gasteiger partial charge is 0.387 e. The van der Waals surface area contributed by atoms with Gasteiger partial charge in [-0.2, -0.15) is 8.78 Å². The molecule has 0 radical (unpaired) electrons. The quantitative estimate of drug-likeness (QED) is 0.578. The van der Waals surface area contributed by atoms with Gasteiger partial charge in [0.05, 0.1) is 6.54 Å². The van der Waals surface area contributed by atoms with Gasteiger partial charge in [-0.1, -0.05) is 33.6 Å². The number of rotatable bonds is 7. The van der Waals surface area contributed by atoms with Crippen LogP contribution in [0.1, 0.15) is 22.3 Å². The molecule has 2 aromatic rings. The highest BCUT2D eigenvalue weighted by Crippen LogP contribution is 2.26. The molecule has 2 N–H and O–H groups in total. The molecule has 5 nitrogen and oxygen atoms in total. The number of benzene rings is 2. The molecular weight excluding hydrogens is 446 g/mol. The van der Waals surface area contributed by atoms with E-state index in [0.29, 0.717) is 15.7 Å². The normalized spacial score (nSPS) is 11.0. The van der Waals surface area contributed by atoms with E-state index in [0.717, 1.165) is 22.8 Å². The average molecular weight is 467 g/mol. The molecule has 2 rings (SSSR count). The van der Waals surface area contributed by atoms with E-state index in [9.17, 15) is 18.4 Å². The van der Waals surface area contributed by atoms with E-state index < -0.39 is 12.5 Å². The number of alkyl halides is 2. The highest BCUT2D eigenvalue weighted by Gasteiger charge is 2.11. The summed E-state index contributed by atoms with van der Waals surface area (Å²) in [5.74, 6) is -0.971. The predicted octanol–water partition coefficient (Wildman–Crippen LogP) is 4.74. The molecule has 154 valence electrons. The number of hydrogen-bond acceptors (Lipinski definition) is 3. The molecule has 2 aromatic carbocycles. The minimum atomic E-state index is -2.98. The third-order valence-electron chi connectivity index (χ3n) is 3.97. The Morgan fingerprint density at radius 1 is 1.14 bits per heavy atom. The van der Waals surface area contributed by atoms with E-state index >= 15 is 0 Å². The summed E-state index contributed by atoms with van der Waals surface area (Å²) in [5.41, 5.74) is 3.98. The maximum atomic E-state index is 12.5. The van der Waals surface area contributed by atoms with Crippen LogP contribution in [-0.2, 0) is 9.59 Å². The first-order chi connectivity index (χ1) is 13.7. The number of aryl methyl sites for hydroxylation is 3. The van der Waals surface area contributed by atoms with Gasteiger partial charge in [0.1, 0.15) is 5.75 Å². The topological polar surface area (TPSA) is 67.4 Å². The molecule has 0 fully saturated rings. The van der Waals surface area contributed by atoms with Crippen LogP contribution in [-0.4, -0.2) is 25.0 Å². The van der Waals surface area contributed by atoms with E-state index in [4.69, 9.17) is 0 Å². The minimum Gasteiger partial charge on any atom is -0.434 e. The number of carbonyl (C=O) groups excluding carboxylic acids is 2. The van der Waals surface area contributed by atoms with Gasteiger partial charge in [-0.3, -0.25) is 9.59 Å². The standard InChI is InChI=1S/C21H21BrF2N2O3/c1-12-8-13(2)20(14(3)9-12)26-19(28)11-25-18(27)7-4-15-10-16(22)5-6-17(15)29-21(23)24/h4-10,21H,11H2,1-3H3,(H,25,27)(H,26,28)/b7-4+. The summed E-state index contributed by atoms with van der Waals surface area (Å²) in [4.78, 5) is 24.1. The maximum Gasteiger partial charge on any atom is 0.387 e. The van der Waals surface area contributed by atoms with Crippen molar-refractivity contribution in [3.05, 3.63) is 63.1 Å². The molecule has 0 aromatic heterocycles. The average Bonchev–Trinajstić information content (AvgIpc) is 2.62. The van der Waals surface area contributed by atoms with Crippen molar-refractivity contribution in [1.29, 1.82) is 0 Å². The SMILES string of the molecule is Cc1cc(C)c(NC(=O)CNC(=O)/C=C/c2cc(Br)ccc2OC(F)F)c(C)c1. The predicted molar refractivity (Wildman–Crippen MR) is 112 cm³/mol. The molecule has 29 heavy (non-hydrogen) atoms. The number of nitrogens with one attached hydrogen (secondary N) is 2. The Kier molecular flexibility index (Phi) is 7.90. The van der Waals surface area contributed by atoms with Crippen LogP contribution in [0.4, 0.5) is 14.5 Å². The monoisotopic (exact) mass is 466 g/mol. The minimum absolute atomic E-state index is 0.0599. The summed E-state index contributed by atoms with van der Waals surface area (Å²) in [7, 11) is 0. The van der Waals surface area contributed by atoms with Gasteiger partial charge in [0.2, 0.25) is 11.8 Å². The van der Waals surface area contributed by atoms with Crippen molar-refractivity contribution in [3.8, 4) is 5.75 Å². The fraction of sp³-hybridized carbons (Fsp3) is 0.238. The van der Waals surface area contributed by atoms with Crippen molar-refractivity contribution in [3.63, 3.8) is 0 Å². The van der Waals surface area contributed by atoms with Gasteiger partial charge in [-0.15, -0.1) is 0 Å². The van der Waals surface area contributed by atoms with E-state index in [1.165, 1.54) is 18.2 Å². The van der Waals surface area contributed by atoms with Crippen LogP contribution < -0.4 is 15.4 Å². The highest BCUT2D eigenvalue weighted by atomic mass is 79.9. The van der Waals surface area contributed by atoms with Crippen LogP contribution in [0.15, 0.2) is 40.9 Å². The lowest BCUT2D eigenvalue weighted by Crippen LogP contribution is -2.32. The Balaban J connectivity index is 1.96. The molecule has 0 unspecified atom stereocenters. The molecule has 0 atom stereocenters. The second-order valence-corrected chi connectivity index (χ2v) is 7.35. The molecule has 8 heteroatoms. The van der Waals surface area contributed by atoms with Gasteiger partial charge >= 0.3 is 6.61 Å². The summed E-state index contributed by atoms with van der Waals surface area (Å²) >= 11 is 3.24. The fourth-order valence-electron chi connectivity index (χ4n) is 2.81. The van der Waals surface area contributed by atoms with E-state index in [1.54, 1.807) is 6.07 Å². The Hall–Kier alpha value is -2.74. The molecule has 0 bridgehead atoms. The largest absolute Gasteiger partial charge is 0.434 e. The first-order valence-corrected chi connectivity index (χ1v) is 9.53. The second kappa shape index (κ2) is 10.2. The number of carbonyl (C=O) groups is 2. The Morgan fingerprint density at radius 3 is 2.41 bits per heavy atom. The molecule has 0 heterocycles. The van der Waals surface area contributed by atoms with Crippen LogP contribution in [0.25, 0.3) is 6.08 Å². The van der Waals surface area contributed by atoms with Crippen molar-refractivity contribution in [2.75, 3.05) is 11.9 Å². The molecule has 0 saturated carbocycles. The van der Waals surface area contributed by atoms with E-state index in [-0.39, 0.29) is 18.2 Å². The van der Waals surface area contributed by atoms with Gasteiger partial charge in [0.25, 0.3) is 0 Å². The molecule has 2 amide bonds. The lowest BCUT2D eigenvalue weighted by atomic mass is 10.1. The summed E-state index contributed by atoms with van der Waals surface area (Å²) < 4.78 is 30.0. The second-order valence-electron chi connectivity index (χ2n) is 6.43. The van der Waals surface area contributed by atoms with Crippen LogP contribution in [0.3, 0.4) is 0 Å². The molecule has 0 saturated heterocycles. The third kappa shape index (κ3) is 6.98. The number of amides is 2. The zero-order valence-electron chi connectivity index (χ0n) is 16.2. The highest BCUT2D eigenvalue weighted by molar-refractivity contribution is 9.10. The van der Waals surface area contributed by atoms with Crippen LogP contribution >= 0.6 is 15.9 Å². The first-order valence-electron chi connectivity index (χ1n) is 8.73. The van der Waals surface area contributed by atoms with Crippen LogP contribution in [0.5, 0.6) is 5.75 Å². The first kappa shape index (κ1) is 22.5. The summed E-state index contributed by atoms with van der Waals surface area (Å²) in [6, 6.07) is 8.38. The summed E-state index contributed by atoms with van der Waals surface area (Å²) in [6.07, 6.45) is 2.49. The van der Waals surface area contributed by atoms with Gasteiger partial charge in [0.15, 0.2) is 0 Å². The maximum absolute atomic E-state index is 12.5. The van der Waals surface area contributed by atoms with Crippen LogP contribution in [0.2, 0.25) is 0 Å². The summed E-state index contributed by atoms with van der Waals surface area (Å²) in [6.45, 7) is 2.56. The van der Waals surface area contributed by atoms with Gasteiger partial charge in [-0.05, 0) is 56.2 Å². The lowest BCUT2D eigenvalue weighted by molar-refractivity contribution is -0.121. The molecule has 0 aliphatic carbocycles. The van der Waals surface area contributed by atoms with Crippen molar-refractivity contribution in [1.82, 2.24) is 5.32 Å². The van der Waals surface area contributed by atoms with E-state index in [1.807, 2.05) is 32.9 Å². The molecule has 0 aliphatic rings. The van der Waals surface area contributed by atoms with Crippen molar-refractivity contribution < 1.29 is 23.1 Å². The summed E-state index contributed by atoms with van der Waals surface area (Å²) in [5, 5.41) is 5.25. The van der Waals surface area contributed by atoms with Gasteiger partial charge in [0, 0.05) is 21.8 Å². The van der Waals surface area contributed by atoms with Crippen molar-refractivity contribution in [2.24, 2.45) is 0 Å². The van der Waals surface area contributed by atoms with Crippen molar-refractivity contribution >= 4 is 39.5 Å². The fourth-order valence-corrected chi connectivity index (χ4v) is 3.18. The van der Waals surface area contributed by atoms with E-state index in [2.05, 4.69) is 31.3 Å². The van der Waals surface area contributed by atoms with Gasteiger partial charge in [-0.25, -0.2) is 0 Å². The number of anilines is 1. The van der Waals surface area contributed by atoms with Crippen molar-refractivity contribution in [2.45, 2.75) is 27.4 Å². The zero-order valence-corrected chi connectivity index (χ0v) is 17.8. The molecule has 0 spiro atoms. The Morgan fingerprint density at radius 2 is 1.79 bits per heavy atom. The molecule has 0 aliphatic heterocycles. The number of hydrogen-bond donors (Lipinski definition) is 2. The number of halogens is 3. The Labute approximate surface area is 176 Å². The van der Waals surface area contributed by atoms with Crippen LogP contribution in [0, 0.1) is 20.8 Å².